The van der Waals surface area contributed by atoms with E-state index in [-0.39, 0.29) is 29.9 Å². The Morgan fingerprint density at radius 3 is 2.79 bits per heavy atom. The van der Waals surface area contributed by atoms with E-state index in [1.165, 1.54) is 0 Å². The van der Waals surface area contributed by atoms with Crippen LogP contribution in [0.4, 0.5) is 11.4 Å². The molecule has 0 radical (unpaired) electrons. The number of nitrogens with zero attached hydrogens (tertiary/aromatic N) is 1. The predicted molar refractivity (Wildman–Crippen MR) is 111 cm³/mol. The van der Waals surface area contributed by atoms with Crippen LogP contribution in [0.2, 0.25) is 5.02 Å². The molecule has 1 atom stereocenters. The first-order valence-corrected chi connectivity index (χ1v) is 10.2. The Balaban J connectivity index is 1.60. The number of anilines is 2. The molecule has 1 aliphatic rings. The van der Waals surface area contributed by atoms with Crippen molar-refractivity contribution >= 4 is 52.5 Å². The lowest BCUT2D eigenvalue weighted by molar-refractivity contribution is -0.121. The van der Waals surface area contributed by atoms with E-state index in [1.807, 2.05) is 6.92 Å². The van der Waals surface area contributed by atoms with E-state index >= 15 is 0 Å². The van der Waals surface area contributed by atoms with Crippen LogP contribution >= 0.6 is 23.4 Å². The zero-order valence-corrected chi connectivity index (χ0v) is 16.8. The molecule has 8 heteroatoms. The van der Waals surface area contributed by atoms with Crippen LogP contribution < -0.4 is 15.0 Å². The van der Waals surface area contributed by atoms with Gasteiger partial charge in [-0.2, -0.15) is 0 Å². The Morgan fingerprint density at radius 2 is 2.04 bits per heavy atom. The highest BCUT2D eigenvalue weighted by Crippen LogP contribution is 2.31. The standard InChI is InChI=1S/C20H19ClN2O4S/c1-2-27-16-8-4-7-15(10-16)23-19(25)11-17(20(23)26)28-12-18(24)22-14-6-3-5-13(21)9-14/h3-10,17H,2,11-12H2,1H3,(H,22,24)/t17-/m0/s1. The molecule has 1 aliphatic heterocycles. The monoisotopic (exact) mass is 418 g/mol. The van der Waals surface area contributed by atoms with Crippen molar-refractivity contribution in [3.05, 3.63) is 53.6 Å². The lowest BCUT2D eigenvalue weighted by Crippen LogP contribution is -2.31. The van der Waals surface area contributed by atoms with Gasteiger partial charge in [0.05, 0.1) is 23.3 Å². The number of ether oxygens (including phenoxy) is 1. The molecular formula is C20H19ClN2O4S. The third kappa shape index (κ3) is 4.85. The molecule has 0 aromatic heterocycles. The summed E-state index contributed by atoms with van der Waals surface area (Å²) in [7, 11) is 0. The van der Waals surface area contributed by atoms with Crippen molar-refractivity contribution in [2.45, 2.75) is 18.6 Å². The Morgan fingerprint density at radius 1 is 1.25 bits per heavy atom. The molecule has 1 fully saturated rings. The third-order valence-electron chi connectivity index (χ3n) is 4.02. The van der Waals surface area contributed by atoms with E-state index in [2.05, 4.69) is 5.32 Å². The second-order valence-corrected chi connectivity index (χ2v) is 7.69. The number of hydrogen-bond donors (Lipinski definition) is 1. The lowest BCUT2D eigenvalue weighted by atomic mass is 10.3. The van der Waals surface area contributed by atoms with Crippen molar-refractivity contribution < 1.29 is 19.1 Å². The maximum absolute atomic E-state index is 12.7. The van der Waals surface area contributed by atoms with Gasteiger partial charge in [0.25, 0.3) is 0 Å². The molecule has 0 aliphatic carbocycles. The average molecular weight is 419 g/mol. The molecule has 0 spiro atoms. The molecule has 6 nitrogen and oxygen atoms in total. The Labute approximate surface area is 172 Å². The van der Waals surface area contributed by atoms with Gasteiger partial charge in [-0.25, -0.2) is 4.90 Å². The number of amides is 3. The summed E-state index contributed by atoms with van der Waals surface area (Å²) in [5.41, 5.74) is 1.06. The fourth-order valence-electron chi connectivity index (χ4n) is 2.82. The lowest BCUT2D eigenvalue weighted by Gasteiger charge is -2.16. The van der Waals surface area contributed by atoms with E-state index in [1.54, 1.807) is 48.5 Å². The maximum Gasteiger partial charge on any atom is 0.247 e. The van der Waals surface area contributed by atoms with Crippen LogP contribution in [-0.2, 0) is 14.4 Å². The van der Waals surface area contributed by atoms with Crippen LogP contribution in [0.3, 0.4) is 0 Å². The predicted octanol–water partition coefficient (Wildman–Crippen LogP) is 3.74. The van der Waals surface area contributed by atoms with Crippen molar-refractivity contribution in [1.29, 1.82) is 0 Å². The highest BCUT2D eigenvalue weighted by Gasteiger charge is 2.40. The van der Waals surface area contributed by atoms with Gasteiger partial charge < -0.3 is 10.1 Å². The number of benzene rings is 2. The van der Waals surface area contributed by atoms with Gasteiger partial charge in [-0.3, -0.25) is 14.4 Å². The molecular weight excluding hydrogens is 400 g/mol. The highest BCUT2D eigenvalue weighted by molar-refractivity contribution is 8.01. The number of hydrogen-bond acceptors (Lipinski definition) is 5. The summed E-state index contributed by atoms with van der Waals surface area (Å²) < 4.78 is 5.43. The summed E-state index contributed by atoms with van der Waals surface area (Å²) in [6.07, 6.45) is 0.0623. The van der Waals surface area contributed by atoms with Gasteiger partial charge in [0.15, 0.2) is 0 Å². The van der Waals surface area contributed by atoms with Crippen molar-refractivity contribution in [2.75, 3.05) is 22.6 Å². The van der Waals surface area contributed by atoms with E-state index in [4.69, 9.17) is 16.3 Å². The van der Waals surface area contributed by atoms with E-state index < -0.39 is 5.25 Å². The van der Waals surface area contributed by atoms with Crippen molar-refractivity contribution in [3.63, 3.8) is 0 Å². The van der Waals surface area contributed by atoms with Gasteiger partial charge >= 0.3 is 0 Å². The van der Waals surface area contributed by atoms with Crippen LogP contribution in [0.5, 0.6) is 5.75 Å². The van der Waals surface area contributed by atoms with Gasteiger partial charge in [0.2, 0.25) is 17.7 Å². The SMILES string of the molecule is CCOc1cccc(N2C(=O)C[C@H](SCC(=O)Nc3cccc(Cl)c3)C2=O)c1. The molecule has 0 unspecified atom stereocenters. The first-order chi connectivity index (χ1) is 13.5. The molecule has 1 N–H and O–H groups in total. The third-order valence-corrected chi connectivity index (χ3v) is 5.45. The van der Waals surface area contributed by atoms with Crippen molar-refractivity contribution in [2.24, 2.45) is 0 Å². The number of halogens is 1. The average Bonchev–Trinajstić information content (AvgIpc) is 2.94. The molecule has 2 aromatic rings. The number of thioether (sulfide) groups is 1. The minimum atomic E-state index is -0.589. The van der Waals surface area contributed by atoms with Crippen molar-refractivity contribution in [1.82, 2.24) is 0 Å². The van der Waals surface area contributed by atoms with Gasteiger partial charge in [-0.15, -0.1) is 11.8 Å². The summed E-state index contributed by atoms with van der Waals surface area (Å²) >= 11 is 7.05. The molecule has 146 valence electrons. The van der Waals surface area contributed by atoms with E-state index in [0.717, 1.165) is 16.7 Å². The number of carbonyl (C=O) groups is 3. The molecule has 3 rings (SSSR count). The van der Waals surface area contributed by atoms with Gasteiger partial charge in [0.1, 0.15) is 5.75 Å². The fraction of sp³-hybridized carbons (Fsp3) is 0.250. The Hall–Kier alpha value is -2.51. The number of imide groups is 1. The van der Waals surface area contributed by atoms with Crippen molar-refractivity contribution in [3.8, 4) is 5.75 Å². The maximum atomic E-state index is 12.7. The highest BCUT2D eigenvalue weighted by atomic mass is 35.5. The van der Waals surface area contributed by atoms with E-state index in [9.17, 15) is 14.4 Å². The molecule has 2 aromatic carbocycles. The Bertz CT molecular complexity index is 905. The minimum absolute atomic E-state index is 0.0586. The van der Waals surface area contributed by atoms with Gasteiger partial charge in [-0.1, -0.05) is 23.7 Å². The molecule has 0 bridgehead atoms. The van der Waals surface area contributed by atoms with Crippen LogP contribution in [-0.4, -0.2) is 35.3 Å². The first-order valence-electron chi connectivity index (χ1n) is 8.74. The smallest absolute Gasteiger partial charge is 0.247 e. The first kappa shape index (κ1) is 20.2. The van der Waals surface area contributed by atoms with Gasteiger partial charge in [0, 0.05) is 23.2 Å². The summed E-state index contributed by atoms with van der Waals surface area (Å²) in [4.78, 5) is 38.4. The zero-order valence-electron chi connectivity index (χ0n) is 15.2. The second-order valence-electron chi connectivity index (χ2n) is 6.06. The van der Waals surface area contributed by atoms with Crippen LogP contribution in [0, 0.1) is 0 Å². The molecule has 28 heavy (non-hydrogen) atoms. The normalized spacial score (nSPS) is 16.4. The van der Waals surface area contributed by atoms with Crippen LogP contribution in [0.15, 0.2) is 48.5 Å². The summed E-state index contributed by atoms with van der Waals surface area (Å²) in [5, 5.41) is 2.66. The number of nitrogens with one attached hydrogen (secondary N) is 1. The van der Waals surface area contributed by atoms with Gasteiger partial charge in [-0.05, 0) is 37.3 Å². The Kier molecular flexibility index (Phi) is 6.59. The topological polar surface area (TPSA) is 75.7 Å². The molecule has 1 heterocycles. The van der Waals surface area contributed by atoms with E-state index in [0.29, 0.717) is 28.8 Å². The summed E-state index contributed by atoms with van der Waals surface area (Å²) in [6.45, 7) is 2.35. The largest absolute Gasteiger partial charge is 0.494 e. The zero-order chi connectivity index (χ0) is 20.1. The summed E-state index contributed by atoms with van der Waals surface area (Å²) in [6, 6.07) is 13.7. The molecule has 3 amide bonds. The second kappa shape index (κ2) is 9.12. The quantitative estimate of drug-likeness (QED) is 0.693. The fourth-order valence-corrected chi connectivity index (χ4v) is 3.95. The van der Waals surface area contributed by atoms with Crippen LogP contribution in [0.25, 0.3) is 0 Å². The molecule has 1 saturated heterocycles. The van der Waals surface area contributed by atoms with Crippen LogP contribution in [0.1, 0.15) is 13.3 Å². The molecule has 0 saturated carbocycles. The number of rotatable bonds is 7. The minimum Gasteiger partial charge on any atom is -0.494 e. The summed E-state index contributed by atoms with van der Waals surface area (Å²) in [5.74, 6) is -0.212. The number of carbonyl (C=O) groups excluding carboxylic acids is 3.